The van der Waals surface area contributed by atoms with Crippen LogP contribution < -0.4 is 9.47 Å². The second kappa shape index (κ2) is 5.89. The Hall–Kier alpha value is -2.01. The van der Waals surface area contributed by atoms with Crippen molar-refractivity contribution in [2.24, 2.45) is 0 Å². The molecule has 1 fully saturated rings. The average molecular weight is 329 g/mol. The van der Waals surface area contributed by atoms with E-state index >= 15 is 0 Å². The topological polar surface area (TPSA) is 38.8 Å². The van der Waals surface area contributed by atoms with E-state index < -0.39 is 0 Å². The Labute approximate surface area is 139 Å². The van der Waals surface area contributed by atoms with Gasteiger partial charge in [-0.05, 0) is 55.7 Å². The maximum Gasteiger partial charge on any atom is 0.264 e. The number of nitrogens with zero attached hydrogens (tertiary/aromatic N) is 1. The summed E-state index contributed by atoms with van der Waals surface area (Å²) in [5.41, 5.74) is 1.06. The van der Waals surface area contributed by atoms with Gasteiger partial charge in [0.15, 0.2) is 11.5 Å². The predicted molar refractivity (Wildman–Crippen MR) is 90.5 cm³/mol. The summed E-state index contributed by atoms with van der Waals surface area (Å²) < 4.78 is 11.2. The minimum Gasteiger partial charge on any atom is -0.486 e. The van der Waals surface area contributed by atoms with Crippen LogP contribution in [0.2, 0.25) is 0 Å². The lowest BCUT2D eigenvalue weighted by Gasteiger charge is -2.20. The molecule has 2 aliphatic heterocycles. The van der Waals surface area contributed by atoms with Crippen LogP contribution in [0.4, 0.5) is 0 Å². The van der Waals surface area contributed by atoms with Crippen LogP contribution in [-0.4, -0.2) is 36.6 Å². The Morgan fingerprint density at radius 3 is 2.78 bits per heavy atom. The zero-order valence-electron chi connectivity index (χ0n) is 13.1. The highest BCUT2D eigenvalue weighted by molar-refractivity contribution is 7.17. The Balaban J connectivity index is 1.59. The molecule has 1 saturated heterocycles. The maximum absolute atomic E-state index is 12.6. The molecule has 0 saturated carbocycles. The molecule has 1 atom stereocenters. The van der Waals surface area contributed by atoms with E-state index in [1.165, 1.54) is 0 Å². The summed E-state index contributed by atoms with van der Waals surface area (Å²) in [5.74, 6) is 1.73. The van der Waals surface area contributed by atoms with Crippen LogP contribution in [0, 0.1) is 0 Å². The lowest BCUT2D eigenvalue weighted by molar-refractivity contribution is 0.0752. The smallest absolute Gasteiger partial charge is 0.264 e. The van der Waals surface area contributed by atoms with E-state index in [1.807, 2.05) is 35.2 Å². The van der Waals surface area contributed by atoms with Gasteiger partial charge in [-0.1, -0.05) is 0 Å². The van der Waals surface area contributed by atoms with Crippen LogP contribution in [-0.2, 0) is 0 Å². The van der Waals surface area contributed by atoms with Crippen LogP contribution in [0.25, 0.3) is 10.4 Å². The fourth-order valence-electron chi connectivity index (χ4n) is 3.18. The van der Waals surface area contributed by atoms with Crippen molar-refractivity contribution in [1.82, 2.24) is 4.90 Å². The molecular weight excluding hydrogens is 310 g/mol. The van der Waals surface area contributed by atoms with Crippen LogP contribution in [0.1, 0.15) is 29.4 Å². The Kier molecular flexibility index (Phi) is 3.73. The van der Waals surface area contributed by atoms with Crippen molar-refractivity contribution in [1.29, 1.82) is 0 Å². The van der Waals surface area contributed by atoms with Crippen molar-refractivity contribution >= 4 is 17.2 Å². The molecular formula is C18H19NO3S. The first-order valence-electron chi connectivity index (χ1n) is 8.03. The van der Waals surface area contributed by atoms with Crippen molar-refractivity contribution in [3.05, 3.63) is 35.2 Å². The Bertz CT molecular complexity index is 740. The molecule has 2 aromatic rings. The number of hydrogen-bond acceptors (Lipinski definition) is 4. The Morgan fingerprint density at radius 1 is 1.17 bits per heavy atom. The Morgan fingerprint density at radius 2 is 2.00 bits per heavy atom. The van der Waals surface area contributed by atoms with E-state index in [2.05, 4.69) is 6.92 Å². The largest absolute Gasteiger partial charge is 0.486 e. The number of benzene rings is 1. The second-order valence-electron chi connectivity index (χ2n) is 6.01. The van der Waals surface area contributed by atoms with Gasteiger partial charge in [-0.15, -0.1) is 11.3 Å². The molecule has 23 heavy (non-hydrogen) atoms. The minimum atomic E-state index is 0.156. The number of amides is 1. The number of fused-ring (bicyclic) bond motifs is 1. The van der Waals surface area contributed by atoms with E-state index in [0.29, 0.717) is 19.3 Å². The van der Waals surface area contributed by atoms with Gasteiger partial charge in [-0.2, -0.15) is 0 Å². The quantitative estimate of drug-likeness (QED) is 0.841. The molecule has 4 nitrogen and oxygen atoms in total. The van der Waals surface area contributed by atoms with Gasteiger partial charge in [0.05, 0.1) is 4.88 Å². The lowest BCUT2D eigenvalue weighted by atomic mass is 10.1. The molecule has 1 unspecified atom stereocenters. The summed E-state index contributed by atoms with van der Waals surface area (Å²) in [4.78, 5) is 16.5. The van der Waals surface area contributed by atoms with Gasteiger partial charge >= 0.3 is 0 Å². The van der Waals surface area contributed by atoms with E-state index in [4.69, 9.17) is 9.47 Å². The highest BCUT2D eigenvalue weighted by Gasteiger charge is 2.27. The van der Waals surface area contributed by atoms with Crippen LogP contribution in [0.3, 0.4) is 0 Å². The lowest BCUT2D eigenvalue weighted by Crippen LogP contribution is -2.32. The number of ether oxygens (including phenoxy) is 2. The second-order valence-corrected chi connectivity index (χ2v) is 7.10. The predicted octanol–water partition coefficient (Wildman–Crippen LogP) is 3.81. The molecule has 0 spiro atoms. The number of likely N-dealkylation sites (tertiary alicyclic amines) is 1. The molecule has 1 aromatic carbocycles. The molecule has 120 valence electrons. The first-order chi connectivity index (χ1) is 11.2. The number of thiophene rings is 1. The SMILES string of the molecule is CC1CCCN1C(=O)c1ccc(-c2ccc3c(c2)OCCO3)s1. The van der Waals surface area contributed by atoms with Crippen molar-refractivity contribution in [2.75, 3.05) is 19.8 Å². The first kappa shape index (κ1) is 14.6. The fraction of sp³-hybridized carbons (Fsp3) is 0.389. The van der Waals surface area contributed by atoms with Crippen LogP contribution in [0.5, 0.6) is 11.5 Å². The van der Waals surface area contributed by atoms with E-state index in [-0.39, 0.29) is 5.91 Å². The third-order valence-electron chi connectivity index (χ3n) is 4.46. The molecule has 0 N–H and O–H groups in total. The maximum atomic E-state index is 12.6. The fourth-order valence-corrected chi connectivity index (χ4v) is 4.14. The highest BCUT2D eigenvalue weighted by Crippen LogP contribution is 2.37. The molecule has 5 heteroatoms. The summed E-state index contributed by atoms with van der Waals surface area (Å²) in [5, 5.41) is 0. The third kappa shape index (κ3) is 2.70. The average Bonchev–Trinajstić information content (AvgIpc) is 3.23. The van der Waals surface area contributed by atoms with Gasteiger partial charge in [-0.25, -0.2) is 0 Å². The molecule has 3 heterocycles. The molecule has 2 aliphatic rings. The zero-order chi connectivity index (χ0) is 15.8. The van der Waals surface area contributed by atoms with Gasteiger partial charge in [-0.3, -0.25) is 4.79 Å². The molecule has 0 aliphatic carbocycles. The number of hydrogen-bond donors (Lipinski definition) is 0. The van der Waals surface area contributed by atoms with Crippen LogP contribution >= 0.6 is 11.3 Å². The van der Waals surface area contributed by atoms with Crippen molar-refractivity contribution in [3.63, 3.8) is 0 Å². The summed E-state index contributed by atoms with van der Waals surface area (Å²) in [6.45, 7) is 4.17. The van der Waals surface area contributed by atoms with Gasteiger partial charge in [0.2, 0.25) is 0 Å². The van der Waals surface area contributed by atoms with E-state index in [1.54, 1.807) is 11.3 Å². The van der Waals surface area contributed by atoms with E-state index in [0.717, 1.165) is 46.2 Å². The summed E-state index contributed by atoms with van der Waals surface area (Å²) in [6, 6.07) is 10.3. The minimum absolute atomic E-state index is 0.156. The molecule has 4 rings (SSSR count). The van der Waals surface area contributed by atoms with Crippen molar-refractivity contribution in [3.8, 4) is 21.9 Å². The standard InChI is InChI=1S/C18H19NO3S/c1-12-3-2-8-19(12)18(20)17-7-6-16(23-17)13-4-5-14-15(11-13)22-10-9-21-14/h4-7,11-12H,2-3,8-10H2,1H3. The molecule has 0 bridgehead atoms. The van der Waals surface area contributed by atoms with Gasteiger partial charge < -0.3 is 14.4 Å². The third-order valence-corrected chi connectivity index (χ3v) is 5.58. The van der Waals surface area contributed by atoms with Crippen molar-refractivity contribution in [2.45, 2.75) is 25.8 Å². The number of carbonyl (C=O) groups excluding carboxylic acids is 1. The summed E-state index contributed by atoms with van der Waals surface area (Å²) in [7, 11) is 0. The van der Waals surface area contributed by atoms with Gasteiger partial charge in [0, 0.05) is 17.5 Å². The molecule has 1 aromatic heterocycles. The van der Waals surface area contributed by atoms with Gasteiger partial charge in [0.25, 0.3) is 5.91 Å². The zero-order valence-corrected chi connectivity index (χ0v) is 13.9. The highest BCUT2D eigenvalue weighted by atomic mass is 32.1. The normalized spacial score (nSPS) is 19.9. The molecule has 1 amide bonds. The summed E-state index contributed by atoms with van der Waals surface area (Å²) in [6.07, 6.45) is 2.21. The van der Waals surface area contributed by atoms with Crippen LogP contribution in [0.15, 0.2) is 30.3 Å². The van der Waals surface area contributed by atoms with E-state index in [9.17, 15) is 4.79 Å². The number of carbonyl (C=O) groups is 1. The molecule has 0 radical (unpaired) electrons. The number of rotatable bonds is 2. The van der Waals surface area contributed by atoms with Gasteiger partial charge in [0.1, 0.15) is 13.2 Å². The van der Waals surface area contributed by atoms with Crippen molar-refractivity contribution < 1.29 is 14.3 Å². The first-order valence-corrected chi connectivity index (χ1v) is 8.85. The summed E-state index contributed by atoms with van der Waals surface area (Å²) >= 11 is 1.55. The monoisotopic (exact) mass is 329 g/mol.